The number of carbonyl (C=O) groups is 4. The highest BCUT2D eigenvalue weighted by Crippen LogP contribution is 2.24. The topological polar surface area (TPSA) is 96.0 Å². The van der Waals surface area contributed by atoms with E-state index in [1.807, 2.05) is 26.0 Å². The van der Waals surface area contributed by atoms with Gasteiger partial charge in [0.05, 0.1) is 6.61 Å². The van der Waals surface area contributed by atoms with Crippen molar-refractivity contribution in [2.75, 3.05) is 27.7 Å². The van der Waals surface area contributed by atoms with Crippen molar-refractivity contribution in [1.82, 2.24) is 15.1 Å². The predicted octanol–water partition coefficient (Wildman–Crippen LogP) is 4.72. The van der Waals surface area contributed by atoms with Gasteiger partial charge >= 0.3 is 5.97 Å². The Kier molecular flexibility index (Phi) is 15.9. The van der Waals surface area contributed by atoms with Crippen molar-refractivity contribution in [1.29, 1.82) is 0 Å². The molecule has 0 spiro atoms. The van der Waals surface area contributed by atoms with E-state index in [1.54, 1.807) is 33.0 Å². The van der Waals surface area contributed by atoms with Crippen LogP contribution in [0, 0.1) is 17.8 Å². The average molecular weight is 536 g/mol. The van der Waals surface area contributed by atoms with Crippen LogP contribution in [0.5, 0.6) is 0 Å². The van der Waals surface area contributed by atoms with Crippen LogP contribution in [0.1, 0.15) is 98.3 Å². The van der Waals surface area contributed by atoms with Crippen LogP contribution in [0.4, 0.5) is 0 Å². The first kappa shape index (κ1) is 33.6. The summed E-state index contributed by atoms with van der Waals surface area (Å²) in [5.74, 6) is -1.53. The Labute approximate surface area is 230 Å². The molecule has 0 aromatic heterocycles. The van der Waals surface area contributed by atoms with Crippen molar-refractivity contribution < 1.29 is 23.9 Å². The summed E-state index contributed by atoms with van der Waals surface area (Å²) < 4.78 is 5.26. The molecule has 0 radical (unpaired) electrons. The van der Waals surface area contributed by atoms with Crippen LogP contribution in [-0.4, -0.2) is 73.3 Å². The van der Waals surface area contributed by atoms with Gasteiger partial charge in [-0.15, -0.1) is 0 Å². The number of nitrogens with zero attached hydrogens (tertiary/aromatic N) is 2. The van der Waals surface area contributed by atoms with Crippen LogP contribution >= 0.6 is 0 Å². The third-order valence-electron chi connectivity index (χ3n) is 7.28. The normalized spacial score (nSPS) is 24.5. The molecule has 0 aliphatic carbocycles. The minimum Gasteiger partial charge on any atom is -0.464 e. The standard InChI is InChI=1S/C30H53N3O5/c1-8-10-11-12-14-17-23-18-15-13-16-19-24(28(35)32(5)6)21-25(30(37)38-9-2)31-27(34)26(20-22(3)4)33(7)29(23)36/h13,16,22-26H,8-12,14-15,17-21H2,1-7H3,(H,31,34)/b16-13-/t23?,24?,25-,26-/m0/s1. The minimum atomic E-state index is -0.972. The van der Waals surface area contributed by atoms with Gasteiger partial charge < -0.3 is 19.9 Å². The second kappa shape index (κ2) is 18.0. The molecule has 2 unspecified atom stereocenters. The fourth-order valence-corrected chi connectivity index (χ4v) is 5.06. The van der Waals surface area contributed by atoms with Crippen LogP contribution in [0.3, 0.4) is 0 Å². The largest absolute Gasteiger partial charge is 0.464 e. The molecule has 1 heterocycles. The van der Waals surface area contributed by atoms with E-state index >= 15 is 0 Å². The number of amides is 3. The molecular formula is C30H53N3O5. The lowest BCUT2D eigenvalue weighted by Gasteiger charge is -2.33. The van der Waals surface area contributed by atoms with E-state index in [4.69, 9.17) is 4.74 Å². The highest BCUT2D eigenvalue weighted by atomic mass is 16.5. The quantitative estimate of drug-likeness (QED) is 0.235. The monoisotopic (exact) mass is 535 g/mol. The van der Waals surface area contributed by atoms with Crippen molar-refractivity contribution in [3.63, 3.8) is 0 Å². The molecule has 3 amide bonds. The molecule has 0 saturated heterocycles. The number of likely N-dealkylation sites (N-methyl/N-ethyl adjacent to an activating group) is 1. The average Bonchev–Trinajstić information content (AvgIpc) is 2.86. The first-order valence-corrected chi connectivity index (χ1v) is 14.6. The summed E-state index contributed by atoms with van der Waals surface area (Å²) in [4.78, 5) is 56.3. The van der Waals surface area contributed by atoms with Gasteiger partial charge in [0.1, 0.15) is 12.1 Å². The first-order valence-electron chi connectivity index (χ1n) is 14.6. The number of carbonyl (C=O) groups excluding carboxylic acids is 4. The molecule has 0 bridgehead atoms. The highest BCUT2D eigenvalue weighted by Gasteiger charge is 2.35. The molecule has 1 N–H and O–H groups in total. The molecule has 1 rings (SSSR count). The van der Waals surface area contributed by atoms with E-state index in [0.717, 1.165) is 25.7 Å². The van der Waals surface area contributed by atoms with Crippen LogP contribution in [0.25, 0.3) is 0 Å². The van der Waals surface area contributed by atoms with Crippen LogP contribution in [0.15, 0.2) is 12.2 Å². The maximum atomic E-state index is 13.7. The van der Waals surface area contributed by atoms with Crippen LogP contribution < -0.4 is 5.32 Å². The van der Waals surface area contributed by atoms with Crippen molar-refractivity contribution in [3.05, 3.63) is 12.2 Å². The van der Waals surface area contributed by atoms with Crippen molar-refractivity contribution in [2.45, 2.75) is 110 Å². The van der Waals surface area contributed by atoms with Gasteiger partial charge in [-0.2, -0.15) is 0 Å². The lowest BCUT2D eigenvalue weighted by Crippen LogP contribution is -2.54. The van der Waals surface area contributed by atoms with Gasteiger partial charge in [0.25, 0.3) is 0 Å². The van der Waals surface area contributed by atoms with E-state index in [9.17, 15) is 19.2 Å². The molecule has 38 heavy (non-hydrogen) atoms. The Hall–Kier alpha value is -2.38. The SMILES string of the molecule is CCCCCCCC1CC/C=C\CC(C(=O)N(C)C)C[C@@H](C(=O)OCC)NC(=O)[C@H](CC(C)C)N(C)C1=O. The molecule has 1 aliphatic rings. The molecule has 0 saturated carbocycles. The summed E-state index contributed by atoms with van der Waals surface area (Å²) in [7, 11) is 5.10. The summed E-state index contributed by atoms with van der Waals surface area (Å²) in [6.45, 7) is 8.10. The Morgan fingerprint density at radius 3 is 2.39 bits per heavy atom. The van der Waals surface area contributed by atoms with E-state index in [2.05, 4.69) is 12.2 Å². The van der Waals surface area contributed by atoms with Crippen LogP contribution in [0.2, 0.25) is 0 Å². The van der Waals surface area contributed by atoms with Crippen molar-refractivity contribution >= 4 is 23.7 Å². The Morgan fingerprint density at radius 1 is 1.11 bits per heavy atom. The second-order valence-electron chi connectivity index (χ2n) is 11.3. The third-order valence-corrected chi connectivity index (χ3v) is 7.28. The number of allylic oxidation sites excluding steroid dienone is 2. The lowest BCUT2D eigenvalue weighted by atomic mass is 9.91. The molecule has 0 aromatic carbocycles. The molecule has 4 atom stereocenters. The maximum Gasteiger partial charge on any atom is 0.328 e. The summed E-state index contributed by atoms with van der Waals surface area (Å²) >= 11 is 0. The van der Waals surface area contributed by atoms with Gasteiger partial charge in [0.2, 0.25) is 17.7 Å². The Balaban J connectivity index is 3.34. The van der Waals surface area contributed by atoms with Gasteiger partial charge in [0.15, 0.2) is 0 Å². The van der Waals surface area contributed by atoms with Gasteiger partial charge in [-0.3, -0.25) is 14.4 Å². The van der Waals surface area contributed by atoms with E-state index in [-0.39, 0.29) is 42.6 Å². The smallest absolute Gasteiger partial charge is 0.328 e. The highest BCUT2D eigenvalue weighted by molar-refractivity contribution is 5.91. The molecule has 0 aromatic rings. The number of esters is 1. The van der Waals surface area contributed by atoms with Gasteiger partial charge in [-0.1, -0.05) is 65.0 Å². The first-order chi connectivity index (χ1) is 18.0. The zero-order valence-corrected chi connectivity index (χ0v) is 25.0. The fourth-order valence-electron chi connectivity index (χ4n) is 5.06. The summed E-state index contributed by atoms with van der Waals surface area (Å²) in [6, 6.07) is -1.68. The maximum absolute atomic E-state index is 13.7. The van der Waals surface area contributed by atoms with E-state index < -0.39 is 24.0 Å². The second-order valence-corrected chi connectivity index (χ2v) is 11.3. The van der Waals surface area contributed by atoms with E-state index in [1.165, 1.54) is 24.2 Å². The molecule has 1 aliphatic heterocycles. The van der Waals surface area contributed by atoms with Crippen LogP contribution in [-0.2, 0) is 23.9 Å². The number of hydrogen-bond donors (Lipinski definition) is 1. The number of ether oxygens (including phenoxy) is 1. The minimum absolute atomic E-state index is 0.0138. The van der Waals surface area contributed by atoms with Gasteiger partial charge in [-0.05, 0) is 51.4 Å². The summed E-state index contributed by atoms with van der Waals surface area (Å²) in [6.07, 6.45) is 12.9. The van der Waals surface area contributed by atoms with Gasteiger partial charge in [-0.25, -0.2) is 4.79 Å². The summed E-state index contributed by atoms with van der Waals surface area (Å²) in [5.41, 5.74) is 0. The fraction of sp³-hybridized carbons (Fsp3) is 0.800. The molecule has 0 fully saturated rings. The van der Waals surface area contributed by atoms with Crippen molar-refractivity contribution in [2.24, 2.45) is 17.8 Å². The number of hydrogen-bond acceptors (Lipinski definition) is 5. The third kappa shape index (κ3) is 11.6. The molecular weight excluding hydrogens is 482 g/mol. The molecule has 8 nitrogen and oxygen atoms in total. The molecule has 218 valence electrons. The van der Waals surface area contributed by atoms with Crippen molar-refractivity contribution in [3.8, 4) is 0 Å². The zero-order chi connectivity index (χ0) is 28.7. The molecule has 8 heteroatoms. The van der Waals surface area contributed by atoms with E-state index in [0.29, 0.717) is 19.3 Å². The number of rotatable bonds is 11. The number of nitrogens with one attached hydrogen (secondary N) is 1. The number of unbranched alkanes of at least 4 members (excludes halogenated alkanes) is 4. The summed E-state index contributed by atoms with van der Waals surface area (Å²) in [5, 5.41) is 2.86. The zero-order valence-electron chi connectivity index (χ0n) is 25.0. The Bertz CT molecular complexity index is 780. The predicted molar refractivity (Wildman–Crippen MR) is 151 cm³/mol. The Morgan fingerprint density at radius 2 is 1.79 bits per heavy atom. The van der Waals surface area contributed by atoms with Gasteiger partial charge in [0, 0.05) is 33.0 Å². The lowest BCUT2D eigenvalue weighted by molar-refractivity contribution is -0.150.